The first-order chi connectivity index (χ1) is 21.0. The average molecular weight is 603 g/mol. The van der Waals surface area contributed by atoms with Crippen LogP contribution >= 0.6 is 0 Å². The number of aliphatic hydroxyl groups is 1. The van der Waals surface area contributed by atoms with Crippen LogP contribution < -0.4 is 14.7 Å². The van der Waals surface area contributed by atoms with Crippen molar-refractivity contribution >= 4 is 33.2 Å². The van der Waals surface area contributed by atoms with E-state index < -0.39 is 16.8 Å². The molecular formula is C36H44NO7+. The number of hydrogen-bond acceptors (Lipinski definition) is 7. The Balaban J connectivity index is 1.12. The van der Waals surface area contributed by atoms with Crippen LogP contribution in [0.25, 0.3) is 21.5 Å². The van der Waals surface area contributed by atoms with Gasteiger partial charge in [-0.25, -0.2) is 4.79 Å². The summed E-state index contributed by atoms with van der Waals surface area (Å²) in [5, 5.41) is 34.5. The van der Waals surface area contributed by atoms with Crippen molar-refractivity contribution in [2.45, 2.75) is 84.2 Å². The summed E-state index contributed by atoms with van der Waals surface area (Å²) in [7, 11) is 0. The molecule has 4 N–H and O–H groups in total. The van der Waals surface area contributed by atoms with E-state index >= 15 is 0 Å². The molecule has 8 rings (SSSR count). The summed E-state index contributed by atoms with van der Waals surface area (Å²) in [4.78, 5) is 13.9. The third kappa shape index (κ3) is 3.93. The van der Waals surface area contributed by atoms with Crippen molar-refractivity contribution in [1.82, 2.24) is 0 Å². The van der Waals surface area contributed by atoms with Gasteiger partial charge in [0, 0.05) is 11.5 Å². The van der Waals surface area contributed by atoms with Crippen LogP contribution in [0.15, 0.2) is 36.4 Å². The largest absolute Gasteiger partial charge is 0.459 e. The van der Waals surface area contributed by atoms with Gasteiger partial charge in [0.15, 0.2) is 11.5 Å². The van der Waals surface area contributed by atoms with Crippen LogP contribution in [0.2, 0.25) is 0 Å². The van der Waals surface area contributed by atoms with Crippen LogP contribution in [0.3, 0.4) is 0 Å². The Labute approximate surface area is 257 Å². The molecule has 1 aliphatic heterocycles. The first kappa shape index (κ1) is 28.6. The zero-order valence-corrected chi connectivity index (χ0v) is 25.9. The topological polar surface area (TPSA) is 110 Å². The molecule has 44 heavy (non-hydrogen) atoms. The van der Waals surface area contributed by atoms with Gasteiger partial charge in [0.25, 0.3) is 0 Å². The van der Waals surface area contributed by atoms with Crippen molar-refractivity contribution in [3.8, 4) is 11.5 Å². The molecule has 4 aliphatic carbocycles. The molecule has 8 heteroatoms. The standard InChI is InChI=1S/C36H43NO7/c1-33(2)12-6-13-34(3)27(33)11-14-35-17-22(9-10-28(34)35)36(39,18-35)19-42-32(38)24-16-26-31(44-20-43-26)30-23-8-5-4-7-21(23)15-25(29(24)30)37(40)41/h4-5,7-8,15-16,22,27-28,39-41H,6,9-14,17-20H2,1-3H3/p+1/t22-,27-,28+,34-,35+,36+/m1/s1. The second-order valence-corrected chi connectivity index (χ2v) is 15.6. The van der Waals surface area contributed by atoms with Crippen LogP contribution in [0.5, 0.6) is 11.5 Å². The van der Waals surface area contributed by atoms with Crippen LogP contribution in [-0.2, 0) is 4.74 Å². The molecule has 0 saturated heterocycles. The molecule has 0 amide bonds. The number of esters is 1. The molecule has 4 saturated carbocycles. The quantitative estimate of drug-likeness (QED) is 0.157. The summed E-state index contributed by atoms with van der Waals surface area (Å²) in [5.41, 5.74) is -0.0678. The first-order valence-electron chi connectivity index (χ1n) is 16.4. The lowest BCUT2D eigenvalue weighted by atomic mass is 9.41. The van der Waals surface area contributed by atoms with E-state index in [4.69, 9.17) is 14.2 Å². The summed E-state index contributed by atoms with van der Waals surface area (Å²) in [6, 6.07) is 10.8. The van der Waals surface area contributed by atoms with E-state index in [2.05, 4.69) is 20.8 Å². The van der Waals surface area contributed by atoms with Crippen molar-refractivity contribution < 1.29 is 39.8 Å². The first-order valence-corrected chi connectivity index (χ1v) is 16.4. The normalized spacial score (nSPS) is 35.1. The highest BCUT2D eigenvalue weighted by Crippen LogP contribution is 2.72. The van der Waals surface area contributed by atoms with Gasteiger partial charge in [-0.1, -0.05) is 51.5 Å². The Morgan fingerprint density at radius 2 is 1.82 bits per heavy atom. The Morgan fingerprint density at radius 3 is 2.64 bits per heavy atom. The van der Waals surface area contributed by atoms with Crippen LogP contribution in [-0.4, -0.2) is 40.5 Å². The predicted octanol–water partition coefficient (Wildman–Crippen LogP) is 6.34. The lowest BCUT2D eigenvalue weighted by Crippen LogP contribution is -3.02. The smallest absolute Gasteiger partial charge is 0.339 e. The fourth-order valence-corrected chi connectivity index (χ4v) is 11.4. The second-order valence-electron chi connectivity index (χ2n) is 15.6. The molecule has 8 nitrogen and oxygen atoms in total. The lowest BCUT2D eigenvalue weighted by Gasteiger charge is -2.64. The molecule has 1 heterocycles. The Kier molecular flexibility index (Phi) is 6.20. The fourth-order valence-electron chi connectivity index (χ4n) is 11.4. The summed E-state index contributed by atoms with van der Waals surface area (Å²) < 4.78 is 17.6. The maximum atomic E-state index is 13.9. The molecular weight excluding hydrogens is 558 g/mol. The highest BCUT2D eigenvalue weighted by Gasteiger charge is 2.67. The zero-order chi connectivity index (χ0) is 30.6. The molecule has 0 radical (unpaired) electrons. The molecule has 3 aromatic rings. The Bertz CT molecular complexity index is 1680. The van der Waals surface area contributed by atoms with Gasteiger partial charge in [0.05, 0.1) is 10.9 Å². The molecule has 5 aliphatic rings. The number of carbonyl (C=O) groups excluding carboxylic acids is 1. The molecule has 6 atom stereocenters. The monoisotopic (exact) mass is 602 g/mol. The average Bonchev–Trinajstić information content (AvgIpc) is 3.54. The molecule has 234 valence electrons. The number of benzene rings is 3. The number of rotatable bonds is 4. The minimum Gasteiger partial charge on any atom is -0.459 e. The number of carbonyl (C=O) groups is 1. The van der Waals surface area contributed by atoms with Gasteiger partial charge in [-0.3, -0.25) is 0 Å². The highest BCUT2D eigenvalue weighted by molar-refractivity contribution is 6.21. The van der Waals surface area contributed by atoms with Gasteiger partial charge < -0.3 is 19.3 Å². The number of ether oxygens (including phenoxy) is 3. The molecule has 0 aromatic heterocycles. The Hall–Kier alpha value is -2.91. The third-order valence-corrected chi connectivity index (χ3v) is 13.0. The number of hydrogen-bond donors (Lipinski definition) is 4. The van der Waals surface area contributed by atoms with E-state index in [1.807, 2.05) is 24.3 Å². The van der Waals surface area contributed by atoms with E-state index in [0.717, 1.165) is 36.5 Å². The summed E-state index contributed by atoms with van der Waals surface area (Å²) in [6.45, 7) is 7.39. The second kappa shape index (κ2) is 9.55. The Morgan fingerprint density at radius 1 is 1.00 bits per heavy atom. The van der Waals surface area contributed by atoms with E-state index in [1.54, 1.807) is 12.1 Å². The van der Waals surface area contributed by atoms with Crippen LogP contribution in [0.4, 0.5) is 5.69 Å². The SMILES string of the molecule is CC1(C)CCC[C@]2(C)[C@@H]1CC[C@@]13C[C@@H](CC[C@H]12)[C@@](O)(COC(=O)c1cc2c(c4c1c([NH+](O)O)cc1ccccc14)OCO2)C3. The van der Waals surface area contributed by atoms with Gasteiger partial charge >= 0.3 is 5.97 Å². The maximum Gasteiger partial charge on any atom is 0.339 e. The van der Waals surface area contributed by atoms with Crippen molar-refractivity contribution in [2.24, 2.45) is 34.0 Å². The van der Waals surface area contributed by atoms with Gasteiger partial charge in [0.1, 0.15) is 12.2 Å². The molecule has 3 aromatic carbocycles. The maximum absolute atomic E-state index is 13.9. The van der Waals surface area contributed by atoms with E-state index in [-0.39, 0.29) is 36.0 Å². The van der Waals surface area contributed by atoms with Crippen molar-refractivity contribution in [2.75, 3.05) is 13.4 Å². The van der Waals surface area contributed by atoms with E-state index in [0.29, 0.717) is 51.4 Å². The van der Waals surface area contributed by atoms with Crippen molar-refractivity contribution in [3.63, 3.8) is 0 Å². The van der Waals surface area contributed by atoms with Gasteiger partial charge in [0.2, 0.25) is 12.5 Å². The molecule has 4 fully saturated rings. The fraction of sp³-hybridized carbons (Fsp3) is 0.583. The molecule has 0 unspecified atom stereocenters. The summed E-state index contributed by atoms with van der Waals surface area (Å²) in [6.07, 6.45) is 9.98. The minimum atomic E-state index is -1.08. The van der Waals surface area contributed by atoms with Gasteiger partial charge in [-0.2, -0.15) is 10.4 Å². The predicted molar refractivity (Wildman–Crippen MR) is 163 cm³/mol. The van der Waals surface area contributed by atoms with Gasteiger partial charge in [-0.05, 0) is 107 Å². The van der Waals surface area contributed by atoms with Crippen LogP contribution in [0.1, 0.15) is 88.9 Å². The molecule has 2 bridgehead atoms. The summed E-state index contributed by atoms with van der Waals surface area (Å²) >= 11 is 0. The van der Waals surface area contributed by atoms with Gasteiger partial charge in [-0.15, -0.1) is 0 Å². The van der Waals surface area contributed by atoms with Crippen LogP contribution in [0, 0.1) is 34.0 Å². The van der Waals surface area contributed by atoms with Crippen molar-refractivity contribution in [1.29, 1.82) is 0 Å². The number of fused-ring (bicyclic) bond motifs is 8. The highest BCUT2D eigenvalue weighted by atomic mass is 16.8. The van der Waals surface area contributed by atoms with Crippen molar-refractivity contribution in [3.05, 3.63) is 42.0 Å². The number of quaternary nitrogens is 1. The number of nitrogens with one attached hydrogen (secondary N) is 1. The van der Waals surface area contributed by atoms with E-state index in [9.17, 15) is 20.3 Å². The lowest BCUT2D eigenvalue weighted by molar-refractivity contribution is -1.19. The summed E-state index contributed by atoms with van der Waals surface area (Å²) in [5.74, 6) is 1.64. The third-order valence-electron chi connectivity index (χ3n) is 13.0. The zero-order valence-electron chi connectivity index (χ0n) is 25.9. The minimum absolute atomic E-state index is 0.00203. The van der Waals surface area contributed by atoms with E-state index in [1.165, 1.54) is 25.7 Å². The molecule has 1 spiro atoms.